The fourth-order valence-electron chi connectivity index (χ4n) is 1.67. The summed E-state index contributed by atoms with van der Waals surface area (Å²) in [6.07, 6.45) is 2.28. The second-order valence-corrected chi connectivity index (χ2v) is 3.18. The Balaban J connectivity index is 2.30. The van der Waals surface area contributed by atoms with Gasteiger partial charge >= 0.3 is 0 Å². The van der Waals surface area contributed by atoms with Gasteiger partial charge in [0.05, 0.1) is 0 Å². The van der Waals surface area contributed by atoms with Gasteiger partial charge in [0.1, 0.15) is 0 Å². The fraction of sp³-hybridized carbons (Fsp3) is 1.00. The SMILES string of the molecule is NCC(CN)C1CCOCC1. The number of rotatable bonds is 3. The molecular weight excluding hydrogens is 140 g/mol. The lowest BCUT2D eigenvalue weighted by molar-refractivity contribution is 0.0493. The predicted octanol–water partition coefficient (Wildman–Crippen LogP) is -0.0534. The molecule has 3 heteroatoms. The van der Waals surface area contributed by atoms with Crippen molar-refractivity contribution in [2.24, 2.45) is 23.3 Å². The molecule has 1 saturated heterocycles. The van der Waals surface area contributed by atoms with Gasteiger partial charge in [0.15, 0.2) is 0 Å². The van der Waals surface area contributed by atoms with Crippen molar-refractivity contribution < 1.29 is 4.74 Å². The molecule has 1 fully saturated rings. The first-order valence-corrected chi connectivity index (χ1v) is 4.36. The molecule has 1 aliphatic rings. The van der Waals surface area contributed by atoms with Gasteiger partial charge < -0.3 is 16.2 Å². The Labute approximate surface area is 68.1 Å². The van der Waals surface area contributed by atoms with Gasteiger partial charge in [-0.1, -0.05) is 0 Å². The van der Waals surface area contributed by atoms with E-state index in [9.17, 15) is 0 Å². The molecule has 0 aromatic heterocycles. The Kier molecular flexibility index (Phi) is 3.83. The van der Waals surface area contributed by atoms with E-state index in [1.165, 1.54) is 0 Å². The maximum absolute atomic E-state index is 5.59. The average molecular weight is 158 g/mol. The van der Waals surface area contributed by atoms with Gasteiger partial charge in [-0.05, 0) is 37.8 Å². The molecule has 1 heterocycles. The molecule has 0 aromatic carbocycles. The van der Waals surface area contributed by atoms with Crippen LogP contribution in [0, 0.1) is 11.8 Å². The van der Waals surface area contributed by atoms with E-state index in [0.29, 0.717) is 11.8 Å². The molecule has 4 N–H and O–H groups in total. The third-order valence-electron chi connectivity index (χ3n) is 2.54. The minimum Gasteiger partial charge on any atom is -0.381 e. The van der Waals surface area contributed by atoms with Crippen LogP contribution in [0.3, 0.4) is 0 Å². The highest BCUT2D eigenvalue weighted by molar-refractivity contribution is 4.73. The molecule has 0 radical (unpaired) electrons. The lowest BCUT2D eigenvalue weighted by Gasteiger charge is -2.28. The average Bonchev–Trinajstić information content (AvgIpc) is 2.09. The zero-order chi connectivity index (χ0) is 8.10. The standard InChI is InChI=1S/C8H18N2O/c9-5-8(6-10)7-1-3-11-4-2-7/h7-8H,1-6,9-10H2. The molecule has 0 unspecified atom stereocenters. The van der Waals surface area contributed by atoms with Crippen LogP contribution in [0.5, 0.6) is 0 Å². The summed E-state index contributed by atoms with van der Waals surface area (Å²) in [4.78, 5) is 0. The van der Waals surface area contributed by atoms with Gasteiger partial charge in [-0.3, -0.25) is 0 Å². The lowest BCUT2D eigenvalue weighted by atomic mass is 9.86. The Morgan fingerprint density at radius 1 is 1.18 bits per heavy atom. The van der Waals surface area contributed by atoms with Crippen LogP contribution >= 0.6 is 0 Å². The molecular formula is C8H18N2O. The first kappa shape index (κ1) is 8.97. The van der Waals surface area contributed by atoms with Crippen molar-refractivity contribution in [3.05, 3.63) is 0 Å². The Morgan fingerprint density at radius 3 is 2.18 bits per heavy atom. The van der Waals surface area contributed by atoms with Crippen LogP contribution < -0.4 is 11.5 Å². The number of ether oxygens (including phenoxy) is 1. The second-order valence-electron chi connectivity index (χ2n) is 3.18. The van der Waals surface area contributed by atoms with E-state index in [1.54, 1.807) is 0 Å². The van der Waals surface area contributed by atoms with E-state index in [2.05, 4.69) is 0 Å². The van der Waals surface area contributed by atoms with Crippen LogP contribution in [-0.4, -0.2) is 26.3 Å². The highest BCUT2D eigenvalue weighted by Gasteiger charge is 2.21. The minimum atomic E-state index is 0.513. The number of nitrogens with two attached hydrogens (primary N) is 2. The highest BCUT2D eigenvalue weighted by atomic mass is 16.5. The summed E-state index contributed by atoms with van der Waals surface area (Å²) in [5.74, 6) is 1.22. The molecule has 0 bridgehead atoms. The molecule has 0 amide bonds. The Bertz CT molecular complexity index is 98.3. The zero-order valence-corrected chi connectivity index (χ0v) is 6.96. The quantitative estimate of drug-likeness (QED) is 0.605. The van der Waals surface area contributed by atoms with Gasteiger partial charge in [-0.25, -0.2) is 0 Å². The van der Waals surface area contributed by atoms with Gasteiger partial charge in [-0.15, -0.1) is 0 Å². The lowest BCUT2D eigenvalue weighted by Crippen LogP contribution is -2.33. The predicted molar refractivity (Wildman–Crippen MR) is 45.1 cm³/mol. The van der Waals surface area contributed by atoms with Crippen molar-refractivity contribution in [3.63, 3.8) is 0 Å². The van der Waals surface area contributed by atoms with Gasteiger partial charge in [-0.2, -0.15) is 0 Å². The van der Waals surface area contributed by atoms with E-state index in [0.717, 1.165) is 39.1 Å². The van der Waals surface area contributed by atoms with Crippen molar-refractivity contribution in [2.45, 2.75) is 12.8 Å². The van der Waals surface area contributed by atoms with Crippen LogP contribution in [0.2, 0.25) is 0 Å². The maximum Gasteiger partial charge on any atom is 0.0468 e. The van der Waals surface area contributed by atoms with Crippen LogP contribution in [0.15, 0.2) is 0 Å². The fourth-order valence-corrected chi connectivity index (χ4v) is 1.67. The Morgan fingerprint density at radius 2 is 1.73 bits per heavy atom. The molecule has 0 saturated carbocycles. The van der Waals surface area contributed by atoms with Crippen molar-refractivity contribution in [3.8, 4) is 0 Å². The topological polar surface area (TPSA) is 61.3 Å². The Hall–Kier alpha value is -0.120. The minimum absolute atomic E-state index is 0.513. The molecule has 66 valence electrons. The van der Waals surface area contributed by atoms with E-state index >= 15 is 0 Å². The van der Waals surface area contributed by atoms with E-state index in [-0.39, 0.29) is 0 Å². The molecule has 1 aliphatic heterocycles. The van der Waals surface area contributed by atoms with Gasteiger partial charge in [0.2, 0.25) is 0 Å². The van der Waals surface area contributed by atoms with Gasteiger partial charge in [0.25, 0.3) is 0 Å². The third kappa shape index (κ3) is 2.43. The largest absolute Gasteiger partial charge is 0.381 e. The molecule has 1 rings (SSSR count). The van der Waals surface area contributed by atoms with Crippen LogP contribution in [0.25, 0.3) is 0 Å². The van der Waals surface area contributed by atoms with Crippen molar-refractivity contribution in [2.75, 3.05) is 26.3 Å². The first-order valence-electron chi connectivity index (χ1n) is 4.36. The van der Waals surface area contributed by atoms with Crippen LogP contribution in [0.4, 0.5) is 0 Å². The smallest absolute Gasteiger partial charge is 0.0468 e. The number of hydrogen-bond donors (Lipinski definition) is 2. The highest BCUT2D eigenvalue weighted by Crippen LogP contribution is 2.21. The summed E-state index contributed by atoms with van der Waals surface area (Å²) in [5, 5.41) is 0. The van der Waals surface area contributed by atoms with E-state index in [1.807, 2.05) is 0 Å². The first-order chi connectivity index (χ1) is 5.38. The van der Waals surface area contributed by atoms with Crippen LogP contribution in [-0.2, 0) is 4.74 Å². The summed E-state index contributed by atoms with van der Waals surface area (Å²) in [6, 6.07) is 0. The van der Waals surface area contributed by atoms with E-state index < -0.39 is 0 Å². The molecule has 0 spiro atoms. The molecule has 0 aliphatic carbocycles. The van der Waals surface area contributed by atoms with Crippen LogP contribution in [0.1, 0.15) is 12.8 Å². The molecule has 0 atom stereocenters. The molecule has 11 heavy (non-hydrogen) atoms. The second kappa shape index (κ2) is 4.70. The number of hydrogen-bond acceptors (Lipinski definition) is 3. The normalized spacial score (nSPS) is 21.0. The van der Waals surface area contributed by atoms with E-state index in [4.69, 9.17) is 16.2 Å². The zero-order valence-electron chi connectivity index (χ0n) is 6.96. The summed E-state index contributed by atoms with van der Waals surface area (Å²) in [6.45, 7) is 3.23. The monoisotopic (exact) mass is 158 g/mol. The summed E-state index contributed by atoms with van der Waals surface area (Å²) >= 11 is 0. The summed E-state index contributed by atoms with van der Waals surface area (Å²) in [5.41, 5.74) is 11.2. The van der Waals surface area contributed by atoms with Gasteiger partial charge in [0, 0.05) is 13.2 Å². The van der Waals surface area contributed by atoms with Crippen molar-refractivity contribution in [1.82, 2.24) is 0 Å². The van der Waals surface area contributed by atoms with Crippen molar-refractivity contribution in [1.29, 1.82) is 0 Å². The summed E-state index contributed by atoms with van der Waals surface area (Å²) < 4.78 is 5.26. The molecule has 0 aromatic rings. The van der Waals surface area contributed by atoms with Crippen molar-refractivity contribution >= 4 is 0 Å². The third-order valence-corrected chi connectivity index (χ3v) is 2.54. The molecule has 3 nitrogen and oxygen atoms in total. The maximum atomic E-state index is 5.59. The summed E-state index contributed by atoms with van der Waals surface area (Å²) in [7, 11) is 0.